The molecule has 2 unspecified atom stereocenters. The van der Waals surface area contributed by atoms with Crippen molar-refractivity contribution in [3.05, 3.63) is 50.9 Å². The summed E-state index contributed by atoms with van der Waals surface area (Å²) in [6.07, 6.45) is 0. The predicted octanol–water partition coefficient (Wildman–Crippen LogP) is 0.926. The van der Waals surface area contributed by atoms with Crippen LogP contribution in [0.2, 0.25) is 0 Å². The highest BCUT2D eigenvalue weighted by molar-refractivity contribution is 5.74. The fourth-order valence-corrected chi connectivity index (χ4v) is 4.08. The Balaban J connectivity index is 1.34. The number of anilines is 2. The van der Waals surface area contributed by atoms with E-state index in [2.05, 4.69) is 19.8 Å². The number of nitrogens with one attached hydrogen (secondary N) is 1. The summed E-state index contributed by atoms with van der Waals surface area (Å²) in [5.74, 6) is 0.983. The number of hydrogen-bond acceptors (Lipinski definition) is 6. The first-order valence-electron chi connectivity index (χ1n) is 8.84. The zero-order valence-electron chi connectivity index (χ0n) is 14.7. The Labute approximate surface area is 152 Å². The van der Waals surface area contributed by atoms with Crippen molar-refractivity contribution >= 4 is 22.9 Å². The summed E-state index contributed by atoms with van der Waals surface area (Å²) in [6.45, 7) is 3.04. The van der Waals surface area contributed by atoms with Crippen molar-refractivity contribution in [3.8, 4) is 0 Å². The van der Waals surface area contributed by atoms with Crippen LogP contribution in [-0.4, -0.2) is 40.7 Å². The highest BCUT2D eigenvalue weighted by Gasteiger charge is 2.41. The van der Waals surface area contributed by atoms with Crippen molar-refractivity contribution in [2.24, 2.45) is 18.9 Å². The third-order valence-electron chi connectivity index (χ3n) is 5.57. The molecule has 0 bridgehead atoms. The van der Waals surface area contributed by atoms with Gasteiger partial charge in [0.25, 0.3) is 11.6 Å². The van der Waals surface area contributed by atoms with Crippen molar-refractivity contribution in [2.75, 3.05) is 36.0 Å². The Bertz CT molecular complexity index is 1100. The maximum absolute atomic E-state index is 13.3. The highest BCUT2D eigenvalue weighted by atomic mass is 19.1. The van der Waals surface area contributed by atoms with Gasteiger partial charge in [0.05, 0.1) is 0 Å². The molecule has 1 aromatic carbocycles. The maximum atomic E-state index is 13.3. The topological polar surface area (TPSA) is 87.4 Å². The number of H-pyrrole nitrogens is 1. The molecule has 140 valence electrons. The minimum absolute atomic E-state index is 0.314. The average molecular weight is 371 g/mol. The van der Waals surface area contributed by atoms with Crippen LogP contribution in [0.4, 0.5) is 16.2 Å². The molecule has 0 aliphatic carbocycles. The lowest BCUT2D eigenvalue weighted by Crippen LogP contribution is -2.36. The lowest BCUT2D eigenvalue weighted by molar-refractivity contribution is 0.533. The summed E-state index contributed by atoms with van der Waals surface area (Å²) in [6, 6.07) is 6.31. The molecule has 0 saturated carbocycles. The first kappa shape index (κ1) is 16.1. The summed E-state index contributed by atoms with van der Waals surface area (Å²) in [5.41, 5.74) is 0.366. The van der Waals surface area contributed by atoms with E-state index < -0.39 is 5.69 Å². The highest BCUT2D eigenvalue weighted by Crippen LogP contribution is 2.35. The van der Waals surface area contributed by atoms with Crippen LogP contribution in [0.5, 0.6) is 0 Å². The van der Waals surface area contributed by atoms with E-state index in [4.69, 9.17) is 4.42 Å². The number of benzene rings is 1. The third-order valence-corrected chi connectivity index (χ3v) is 5.57. The second kappa shape index (κ2) is 5.70. The van der Waals surface area contributed by atoms with Gasteiger partial charge >= 0.3 is 5.69 Å². The van der Waals surface area contributed by atoms with E-state index in [0.29, 0.717) is 34.8 Å². The van der Waals surface area contributed by atoms with Crippen LogP contribution in [0.1, 0.15) is 0 Å². The summed E-state index contributed by atoms with van der Waals surface area (Å²) >= 11 is 0. The van der Waals surface area contributed by atoms with Crippen LogP contribution in [-0.2, 0) is 7.05 Å². The quantitative estimate of drug-likeness (QED) is 0.721. The molecule has 2 saturated heterocycles. The fourth-order valence-electron chi connectivity index (χ4n) is 4.08. The van der Waals surface area contributed by atoms with E-state index in [1.807, 2.05) is 0 Å². The van der Waals surface area contributed by atoms with E-state index >= 15 is 0 Å². The van der Waals surface area contributed by atoms with Crippen molar-refractivity contribution in [3.63, 3.8) is 0 Å². The molecule has 0 radical (unpaired) electrons. The molecule has 2 aliphatic heterocycles. The van der Waals surface area contributed by atoms with Gasteiger partial charge in [0.1, 0.15) is 17.2 Å². The first-order chi connectivity index (χ1) is 13.0. The van der Waals surface area contributed by atoms with E-state index in [0.717, 1.165) is 30.7 Å². The van der Waals surface area contributed by atoms with Crippen molar-refractivity contribution < 1.29 is 8.81 Å². The van der Waals surface area contributed by atoms with Crippen molar-refractivity contribution in [1.82, 2.24) is 14.5 Å². The minimum atomic E-state index is -0.408. The zero-order chi connectivity index (χ0) is 18.7. The van der Waals surface area contributed by atoms with Crippen molar-refractivity contribution in [1.29, 1.82) is 0 Å². The van der Waals surface area contributed by atoms with E-state index in [-0.39, 0.29) is 11.4 Å². The predicted molar refractivity (Wildman–Crippen MR) is 97.7 cm³/mol. The van der Waals surface area contributed by atoms with Gasteiger partial charge in [-0.15, -0.1) is 0 Å². The summed E-state index contributed by atoms with van der Waals surface area (Å²) in [5, 5.41) is 0. The van der Waals surface area contributed by atoms with Crippen LogP contribution in [0, 0.1) is 17.7 Å². The summed E-state index contributed by atoms with van der Waals surface area (Å²) in [4.78, 5) is 35.1. The molecular formula is C18H18FN5O3. The number of fused-ring (bicyclic) bond motifs is 2. The number of aromatic nitrogens is 3. The number of aromatic amines is 1. The van der Waals surface area contributed by atoms with Gasteiger partial charge in [0, 0.05) is 57.2 Å². The number of nitrogens with zero attached hydrogens (tertiary/aromatic N) is 4. The minimum Gasteiger partial charge on any atom is -0.423 e. The Morgan fingerprint density at radius 1 is 1.11 bits per heavy atom. The van der Waals surface area contributed by atoms with Gasteiger partial charge in [-0.3, -0.25) is 14.3 Å². The molecule has 4 heterocycles. The van der Waals surface area contributed by atoms with Gasteiger partial charge in [-0.1, -0.05) is 0 Å². The van der Waals surface area contributed by atoms with E-state index in [1.165, 1.54) is 25.2 Å². The molecule has 8 nitrogen and oxygen atoms in total. The zero-order valence-corrected chi connectivity index (χ0v) is 14.7. The first-order valence-corrected chi connectivity index (χ1v) is 8.84. The van der Waals surface area contributed by atoms with Crippen LogP contribution in [0.3, 0.4) is 0 Å². The molecule has 9 heteroatoms. The number of rotatable bonds is 2. The van der Waals surface area contributed by atoms with Gasteiger partial charge in [-0.05, 0) is 12.1 Å². The fraction of sp³-hybridized carbons (Fsp3) is 0.389. The largest absolute Gasteiger partial charge is 0.423 e. The summed E-state index contributed by atoms with van der Waals surface area (Å²) < 4.78 is 20.1. The number of hydrogen-bond donors (Lipinski definition) is 1. The van der Waals surface area contributed by atoms with Crippen LogP contribution in [0.15, 0.2) is 38.3 Å². The molecule has 1 N–H and O–H groups in total. The second-order valence-electron chi connectivity index (χ2n) is 7.30. The lowest BCUT2D eigenvalue weighted by Gasteiger charge is -2.21. The molecule has 2 atom stereocenters. The molecule has 2 aromatic heterocycles. The van der Waals surface area contributed by atoms with E-state index in [9.17, 15) is 14.0 Å². The van der Waals surface area contributed by atoms with Crippen LogP contribution < -0.4 is 21.0 Å². The molecule has 0 amide bonds. The van der Waals surface area contributed by atoms with Gasteiger partial charge in [-0.2, -0.15) is 4.98 Å². The molecule has 0 spiro atoms. The molecule has 3 aromatic rings. The monoisotopic (exact) mass is 371 g/mol. The Morgan fingerprint density at radius 2 is 1.81 bits per heavy atom. The Kier molecular flexibility index (Phi) is 3.40. The summed E-state index contributed by atoms with van der Waals surface area (Å²) in [7, 11) is 1.45. The average Bonchev–Trinajstić information content (AvgIpc) is 3.30. The Hall–Kier alpha value is -3.10. The smallest absolute Gasteiger partial charge is 0.329 e. The van der Waals surface area contributed by atoms with E-state index in [1.54, 1.807) is 6.07 Å². The molecular weight excluding hydrogens is 353 g/mol. The number of halogens is 1. The lowest BCUT2D eigenvalue weighted by atomic mass is 10.0. The van der Waals surface area contributed by atoms with Crippen molar-refractivity contribution in [2.45, 2.75) is 0 Å². The maximum Gasteiger partial charge on any atom is 0.329 e. The standard InChI is InChI=1S/C18H18FN5O3/c1-22-16(25)5-15(21-17(22)26)23-6-10-8-24(9-11(10)7-23)18-20-13-3-2-12(19)4-14(13)27-18/h2-5,10-11H,6-9H2,1H3,(H,21,26). The second-order valence-corrected chi connectivity index (χ2v) is 7.30. The van der Waals surface area contributed by atoms with Gasteiger partial charge in [-0.25, -0.2) is 9.18 Å². The normalized spacial score (nSPS) is 22.0. The third kappa shape index (κ3) is 2.61. The van der Waals surface area contributed by atoms with Gasteiger partial charge in [0.2, 0.25) is 0 Å². The molecule has 2 fully saturated rings. The van der Waals surface area contributed by atoms with Gasteiger partial charge < -0.3 is 14.2 Å². The number of oxazole rings is 1. The van der Waals surface area contributed by atoms with Crippen LogP contribution in [0.25, 0.3) is 11.1 Å². The van der Waals surface area contributed by atoms with Gasteiger partial charge in [0.15, 0.2) is 5.58 Å². The molecule has 2 aliphatic rings. The molecule has 27 heavy (non-hydrogen) atoms. The molecule has 5 rings (SSSR count). The SMILES string of the molecule is Cn1c(=O)cc(N2CC3CN(c4nc5ccc(F)cc5o4)CC3C2)[nH]c1=O. The van der Waals surface area contributed by atoms with Crippen LogP contribution >= 0.6 is 0 Å². The Morgan fingerprint density at radius 3 is 2.52 bits per heavy atom.